The van der Waals surface area contributed by atoms with Crippen LogP contribution in [-0.4, -0.2) is 37.4 Å². The number of pyridine rings is 3. The summed E-state index contributed by atoms with van der Waals surface area (Å²) in [5, 5.41) is 0.461. The number of piperidine rings is 1. The highest BCUT2D eigenvalue weighted by molar-refractivity contribution is 7.99. The standard InChI is InChI=1S/C25H23ClN8S/c26-19-16(5-9-30-22(19)28)35-17-3-4-18-32-23(15-13-31-24(17)34(15)18)33-10-6-25(7-11-33)12-14-2-1-8-29-20(14)21(25)27/h1-5,8-9,13,21H,6-7,10-12,27H2,(H2,28,30). The second-order valence-electron chi connectivity index (χ2n) is 9.46. The van der Waals surface area contributed by atoms with Gasteiger partial charge in [-0.1, -0.05) is 29.4 Å². The van der Waals surface area contributed by atoms with Gasteiger partial charge in [-0.25, -0.2) is 15.0 Å². The number of halogens is 1. The summed E-state index contributed by atoms with van der Waals surface area (Å²) in [4.78, 5) is 22.6. The van der Waals surface area contributed by atoms with Crippen molar-refractivity contribution in [2.75, 3.05) is 23.7 Å². The first-order valence-electron chi connectivity index (χ1n) is 11.7. The van der Waals surface area contributed by atoms with Gasteiger partial charge in [0, 0.05) is 30.4 Å². The Kier molecular flexibility index (Phi) is 4.64. The quantitative estimate of drug-likeness (QED) is 0.375. The Hall–Kier alpha value is -3.14. The predicted molar refractivity (Wildman–Crippen MR) is 138 cm³/mol. The number of nitrogen functional groups attached to an aromatic ring is 1. The molecule has 1 saturated heterocycles. The van der Waals surface area contributed by atoms with Crippen LogP contribution in [0.1, 0.15) is 30.1 Å². The van der Waals surface area contributed by atoms with Crippen molar-refractivity contribution in [2.24, 2.45) is 11.1 Å². The predicted octanol–water partition coefficient (Wildman–Crippen LogP) is 4.34. The lowest BCUT2D eigenvalue weighted by Crippen LogP contribution is -2.44. The third-order valence-electron chi connectivity index (χ3n) is 7.63. The Morgan fingerprint density at radius 3 is 2.71 bits per heavy atom. The highest BCUT2D eigenvalue weighted by Gasteiger charge is 2.47. The summed E-state index contributed by atoms with van der Waals surface area (Å²) < 4.78 is 2.13. The highest BCUT2D eigenvalue weighted by Crippen LogP contribution is 2.50. The van der Waals surface area contributed by atoms with Gasteiger partial charge in [0.05, 0.1) is 27.9 Å². The fourth-order valence-corrected chi connectivity index (χ4v) is 6.89. The van der Waals surface area contributed by atoms with Gasteiger partial charge in [0.25, 0.3) is 0 Å². The minimum atomic E-state index is -0.00105. The van der Waals surface area contributed by atoms with E-state index in [-0.39, 0.29) is 11.5 Å². The Morgan fingerprint density at radius 2 is 1.89 bits per heavy atom. The molecular weight excluding hydrogens is 480 g/mol. The summed E-state index contributed by atoms with van der Waals surface area (Å²) >= 11 is 7.91. The van der Waals surface area contributed by atoms with Gasteiger partial charge in [0.1, 0.15) is 17.0 Å². The molecule has 1 spiro atoms. The Morgan fingerprint density at radius 1 is 1.03 bits per heavy atom. The molecule has 5 aromatic rings. The second kappa shape index (κ2) is 7.68. The van der Waals surface area contributed by atoms with E-state index in [1.807, 2.05) is 36.7 Å². The van der Waals surface area contributed by atoms with Crippen molar-refractivity contribution in [2.45, 2.75) is 35.1 Å². The maximum absolute atomic E-state index is 6.72. The van der Waals surface area contributed by atoms with Crippen LogP contribution in [0.2, 0.25) is 5.02 Å². The molecule has 176 valence electrons. The number of anilines is 2. The summed E-state index contributed by atoms with van der Waals surface area (Å²) in [6.07, 6.45) is 8.49. The summed E-state index contributed by atoms with van der Waals surface area (Å²) in [6, 6.07) is 10.1. The van der Waals surface area contributed by atoms with Crippen LogP contribution >= 0.6 is 23.4 Å². The van der Waals surface area contributed by atoms with E-state index < -0.39 is 0 Å². The molecule has 5 aromatic heterocycles. The number of nitrogens with zero attached hydrogens (tertiary/aromatic N) is 6. The van der Waals surface area contributed by atoms with Crippen LogP contribution in [0.4, 0.5) is 11.6 Å². The molecule has 0 radical (unpaired) electrons. The number of rotatable bonds is 3. The van der Waals surface area contributed by atoms with Gasteiger partial charge >= 0.3 is 0 Å². The van der Waals surface area contributed by atoms with Gasteiger partial charge in [0.15, 0.2) is 11.5 Å². The molecule has 10 heteroatoms. The molecule has 0 saturated carbocycles. The summed E-state index contributed by atoms with van der Waals surface area (Å²) in [5.41, 5.74) is 17.8. The number of hydrogen-bond acceptors (Lipinski definition) is 8. The maximum atomic E-state index is 6.72. The fraction of sp³-hybridized carbons (Fsp3) is 0.280. The van der Waals surface area contributed by atoms with Crippen molar-refractivity contribution in [1.29, 1.82) is 0 Å². The van der Waals surface area contributed by atoms with Crippen molar-refractivity contribution >= 4 is 51.8 Å². The molecular formula is C25H23ClN8S. The molecule has 0 aromatic carbocycles. The number of fused-ring (bicyclic) bond motifs is 1. The first-order valence-corrected chi connectivity index (χ1v) is 12.9. The molecule has 35 heavy (non-hydrogen) atoms. The van der Waals surface area contributed by atoms with Crippen molar-refractivity contribution in [3.05, 3.63) is 65.2 Å². The lowest BCUT2D eigenvalue weighted by Gasteiger charge is -2.42. The van der Waals surface area contributed by atoms with Crippen molar-refractivity contribution in [3.63, 3.8) is 0 Å². The lowest BCUT2D eigenvalue weighted by atomic mass is 9.73. The molecule has 4 N–H and O–H groups in total. The van der Waals surface area contributed by atoms with Gasteiger partial charge < -0.3 is 16.4 Å². The van der Waals surface area contributed by atoms with E-state index in [1.165, 1.54) is 17.3 Å². The third-order valence-corrected chi connectivity index (χ3v) is 9.23. The van der Waals surface area contributed by atoms with E-state index in [0.717, 1.165) is 70.5 Å². The second-order valence-corrected chi connectivity index (χ2v) is 10.9. The largest absolute Gasteiger partial charge is 0.382 e. The average Bonchev–Trinajstić information content (AvgIpc) is 3.55. The first kappa shape index (κ1) is 21.2. The molecule has 0 amide bonds. The molecule has 2 aliphatic rings. The molecule has 1 aliphatic carbocycles. The summed E-state index contributed by atoms with van der Waals surface area (Å²) in [6.45, 7) is 1.82. The third kappa shape index (κ3) is 3.11. The zero-order valence-electron chi connectivity index (χ0n) is 18.9. The molecule has 1 aliphatic heterocycles. The van der Waals surface area contributed by atoms with Gasteiger partial charge in [0.2, 0.25) is 0 Å². The first-order chi connectivity index (χ1) is 17.0. The van der Waals surface area contributed by atoms with Crippen LogP contribution in [0.15, 0.2) is 58.7 Å². The van der Waals surface area contributed by atoms with Gasteiger partial charge in [-0.3, -0.25) is 9.38 Å². The number of hydrogen-bond donors (Lipinski definition) is 2. The van der Waals surface area contributed by atoms with Crippen LogP contribution in [0.3, 0.4) is 0 Å². The van der Waals surface area contributed by atoms with Crippen molar-refractivity contribution in [1.82, 2.24) is 24.3 Å². The molecule has 1 atom stereocenters. The van der Waals surface area contributed by atoms with Gasteiger partial charge in [-0.05, 0) is 54.5 Å². The van der Waals surface area contributed by atoms with E-state index in [0.29, 0.717) is 10.8 Å². The summed E-state index contributed by atoms with van der Waals surface area (Å²) in [5.74, 6) is 1.31. The molecule has 6 heterocycles. The van der Waals surface area contributed by atoms with Gasteiger partial charge in [-0.2, -0.15) is 0 Å². The van der Waals surface area contributed by atoms with Crippen LogP contribution in [-0.2, 0) is 6.42 Å². The molecule has 8 nitrogen and oxygen atoms in total. The maximum Gasteiger partial charge on any atom is 0.157 e. The number of imidazole rings is 2. The molecule has 1 unspecified atom stereocenters. The topological polar surface area (TPSA) is 111 Å². The zero-order chi connectivity index (χ0) is 23.7. The minimum Gasteiger partial charge on any atom is -0.382 e. The fourth-order valence-electron chi connectivity index (χ4n) is 5.73. The lowest BCUT2D eigenvalue weighted by molar-refractivity contribution is 0.186. The van der Waals surface area contributed by atoms with E-state index in [1.54, 1.807) is 6.20 Å². The Labute approximate surface area is 211 Å². The molecule has 0 bridgehead atoms. The summed E-state index contributed by atoms with van der Waals surface area (Å²) in [7, 11) is 0. The number of nitrogens with two attached hydrogens (primary N) is 2. The van der Waals surface area contributed by atoms with Crippen LogP contribution in [0, 0.1) is 5.41 Å². The Balaban J connectivity index is 1.18. The molecule has 1 fully saturated rings. The van der Waals surface area contributed by atoms with E-state index in [9.17, 15) is 0 Å². The monoisotopic (exact) mass is 502 g/mol. The van der Waals surface area contributed by atoms with Crippen LogP contribution in [0.25, 0.3) is 16.8 Å². The smallest absolute Gasteiger partial charge is 0.157 e. The van der Waals surface area contributed by atoms with Gasteiger partial charge in [-0.15, -0.1) is 0 Å². The Bertz CT molecular complexity index is 1580. The minimum absolute atomic E-state index is 0.00105. The van der Waals surface area contributed by atoms with E-state index >= 15 is 0 Å². The average molecular weight is 503 g/mol. The van der Waals surface area contributed by atoms with Crippen LogP contribution in [0.5, 0.6) is 0 Å². The number of aromatic nitrogens is 5. The molecule has 7 rings (SSSR count). The van der Waals surface area contributed by atoms with Crippen molar-refractivity contribution in [3.8, 4) is 0 Å². The zero-order valence-corrected chi connectivity index (χ0v) is 20.4. The van der Waals surface area contributed by atoms with Crippen LogP contribution < -0.4 is 16.4 Å². The van der Waals surface area contributed by atoms with E-state index in [4.69, 9.17) is 33.0 Å². The van der Waals surface area contributed by atoms with E-state index in [2.05, 4.69) is 25.3 Å². The van der Waals surface area contributed by atoms with Crippen molar-refractivity contribution < 1.29 is 0 Å². The SMILES string of the molecule is Nc1nccc(Sc2ccc3nc(N4CCC5(CC4)Cc4cccnc4C5N)c4cnc2n34)c1Cl. The highest BCUT2D eigenvalue weighted by atomic mass is 35.5. The normalized spacial score (nSPS) is 19.3.